The predicted molar refractivity (Wildman–Crippen MR) is 51.3 cm³/mol. The first-order valence-corrected chi connectivity index (χ1v) is 5.13. The molecule has 15 heavy (non-hydrogen) atoms. The quantitative estimate of drug-likeness (QED) is 0.581. The molecule has 1 saturated heterocycles. The highest BCUT2D eigenvalue weighted by atomic mass is 32.1. The lowest BCUT2D eigenvalue weighted by Crippen LogP contribution is -2.37. The first kappa shape index (κ1) is 9.85. The number of hydrogen-bond donors (Lipinski definition) is 1. The van der Waals surface area contributed by atoms with E-state index in [1.807, 2.05) is 0 Å². The van der Waals surface area contributed by atoms with Crippen LogP contribution in [-0.4, -0.2) is 23.9 Å². The van der Waals surface area contributed by atoms with Crippen LogP contribution in [0.4, 0.5) is 0 Å². The average molecular weight is 225 g/mol. The van der Waals surface area contributed by atoms with E-state index in [0.717, 1.165) is 0 Å². The monoisotopic (exact) mass is 225 g/mol. The summed E-state index contributed by atoms with van der Waals surface area (Å²) in [5, 5.41) is 4.19. The van der Waals surface area contributed by atoms with Gasteiger partial charge in [0.05, 0.1) is 11.3 Å². The van der Waals surface area contributed by atoms with E-state index in [9.17, 15) is 14.4 Å². The van der Waals surface area contributed by atoms with Crippen LogP contribution < -0.4 is 5.32 Å². The van der Waals surface area contributed by atoms with Crippen LogP contribution in [0, 0.1) is 0 Å². The van der Waals surface area contributed by atoms with Gasteiger partial charge in [0.1, 0.15) is 6.04 Å². The number of thiophene rings is 1. The number of esters is 2. The Morgan fingerprint density at radius 3 is 2.87 bits per heavy atom. The van der Waals surface area contributed by atoms with Crippen molar-refractivity contribution in [1.29, 1.82) is 0 Å². The lowest BCUT2D eigenvalue weighted by atomic mass is 10.2. The number of hydrogen-bond acceptors (Lipinski definition) is 5. The molecule has 1 N–H and O–H groups in total. The van der Waals surface area contributed by atoms with E-state index in [4.69, 9.17) is 0 Å². The van der Waals surface area contributed by atoms with Crippen molar-refractivity contribution in [3.05, 3.63) is 22.4 Å². The summed E-state index contributed by atoms with van der Waals surface area (Å²) in [7, 11) is 0. The molecule has 78 valence electrons. The highest BCUT2D eigenvalue weighted by molar-refractivity contribution is 7.12. The Morgan fingerprint density at radius 1 is 1.53 bits per heavy atom. The van der Waals surface area contributed by atoms with Gasteiger partial charge in [-0.05, 0) is 11.4 Å². The number of amides is 1. The zero-order valence-electron chi connectivity index (χ0n) is 7.56. The maximum atomic E-state index is 11.5. The second-order valence-electron chi connectivity index (χ2n) is 3.00. The van der Waals surface area contributed by atoms with Crippen LogP contribution in [0.25, 0.3) is 0 Å². The molecule has 5 nitrogen and oxygen atoms in total. The largest absolute Gasteiger partial charge is 0.392 e. The van der Waals surface area contributed by atoms with E-state index in [1.54, 1.807) is 17.5 Å². The van der Waals surface area contributed by atoms with Crippen molar-refractivity contribution in [3.8, 4) is 0 Å². The van der Waals surface area contributed by atoms with Crippen molar-refractivity contribution >= 4 is 29.2 Å². The molecule has 0 saturated carbocycles. The topological polar surface area (TPSA) is 72.5 Å². The van der Waals surface area contributed by atoms with Gasteiger partial charge in [0.15, 0.2) is 0 Å². The van der Waals surface area contributed by atoms with Crippen LogP contribution in [0.1, 0.15) is 16.1 Å². The molecule has 1 fully saturated rings. The molecule has 6 heteroatoms. The van der Waals surface area contributed by atoms with E-state index in [2.05, 4.69) is 10.1 Å². The third kappa shape index (κ3) is 2.04. The van der Waals surface area contributed by atoms with Gasteiger partial charge < -0.3 is 10.1 Å². The maximum Gasteiger partial charge on any atom is 0.336 e. The zero-order chi connectivity index (χ0) is 10.8. The smallest absolute Gasteiger partial charge is 0.336 e. The Kier molecular flexibility index (Phi) is 2.51. The summed E-state index contributed by atoms with van der Waals surface area (Å²) in [5.41, 5.74) is 0. The van der Waals surface area contributed by atoms with E-state index in [-0.39, 0.29) is 12.3 Å². The van der Waals surface area contributed by atoms with Crippen molar-refractivity contribution in [1.82, 2.24) is 5.32 Å². The molecule has 0 aliphatic carbocycles. The molecule has 2 heterocycles. The molecule has 1 aromatic heterocycles. The van der Waals surface area contributed by atoms with Gasteiger partial charge in [0.2, 0.25) is 0 Å². The van der Waals surface area contributed by atoms with Gasteiger partial charge in [-0.1, -0.05) is 6.07 Å². The van der Waals surface area contributed by atoms with E-state index < -0.39 is 18.0 Å². The van der Waals surface area contributed by atoms with E-state index in [0.29, 0.717) is 4.88 Å². The summed E-state index contributed by atoms with van der Waals surface area (Å²) in [5.74, 6) is -1.65. The number of nitrogens with one attached hydrogen (secondary N) is 1. The van der Waals surface area contributed by atoms with Gasteiger partial charge in [-0.15, -0.1) is 11.3 Å². The van der Waals surface area contributed by atoms with Gasteiger partial charge in [-0.25, -0.2) is 4.79 Å². The fraction of sp³-hybridized carbons (Fsp3) is 0.222. The molecule has 1 amide bonds. The molecular formula is C9H7NO4S. The zero-order valence-corrected chi connectivity index (χ0v) is 8.37. The van der Waals surface area contributed by atoms with Crippen molar-refractivity contribution in [2.45, 2.75) is 12.5 Å². The molecule has 0 radical (unpaired) electrons. The third-order valence-corrected chi connectivity index (χ3v) is 2.79. The molecule has 1 aliphatic rings. The van der Waals surface area contributed by atoms with Crippen molar-refractivity contribution in [3.63, 3.8) is 0 Å². The Bertz CT molecular complexity index is 412. The van der Waals surface area contributed by atoms with Gasteiger partial charge >= 0.3 is 11.9 Å². The van der Waals surface area contributed by atoms with Crippen LogP contribution >= 0.6 is 11.3 Å². The first-order valence-electron chi connectivity index (χ1n) is 4.25. The molecule has 2 rings (SSSR count). The molecule has 0 bridgehead atoms. The van der Waals surface area contributed by atoms with Crippen LogP contribution in [0.5, 0.6) is 0 Å². The number of carbonyl (C=O) groups excluding carboxylic acids is 3. The molecule has 0 spiro atoms. The molecular weight excluding hydrogens is 218 g/mol. The average Bonchev–Trinajstić information content (AvgIpc) is 2.76. The van der Waals surface area contributed by atoms with Gasteiger partial charge in [-0.2, -0.15) is 0 Å². The SMILES string of the molecule is O=C1CC(NC(=O)c2cccs2)C(=O)O1. The third-order valence-electron chi connectivity index (χ3n) is 1.92. The van der Waals surface area contributed by atoms with Gasteiger partial charge in [0, 0.05) is 0 Å². The predicted octanol–water partition coefficient (Wildman–Crippen LogP) is 0.320. The summed E-state index contributed by atoms with van der Waals surface area (Å²) in [6, 6.07) is 2.53. The van der Waals surface area contributed by atoms with E-state index >= 15 is 0 Å². The normalized spacial score (nSPS) is 20.1. The summed E-state index contributed by atoms with van der Waals surface area (Å²) in [6.45, 7) is 0. The van der Waals surface area contributed by atoms with Crippen LogP contribution in [0.3, 0.4) is 0 Å². The molecule has 1 unspecified atom stereocenters. The lowest BCUT2D eigenvalue weighted by Gasteiger charge is -2.05. The Hall–Kier alpha value is -1.69. The van der Waals surface area contributed by atoms with E-state index in [1.165, 1.54) is 11.3 Å². The second-order valence-corrected chi connectivity index (χ2v) is 3.95. The Balaban J connectivity index is 2.01. The van der Waals surface area contributed by atoms with Gasteiger partial charge in [0.25, 0.3) is 5.91 Å². The minimum absolute atomic E-state index is 0.0874. The number of ether oxygens (including phenoxy) is 1. The van der Waals surface area contributed by atoms with Gasteiger partial charge in [-0.3, -0.25) is 9.59 Å². The minimum Gasteiger partial charge on any atom is -0.392 e. The Morgan fingerprint density at radius 2 is 2.33 bits per heavy atom. The van der Waals surface area contributed by atoms with Crippen molar-refractivity contribution < 1.29 is 19.1 Å². The first-order chi connectivity index (χ1) is 7.16. The summed E-state index contributed by atoms with van der Waals surface area (Å²) in [6.07, 6.45) is -0.0874. The Labute approximate surface area is 89.0 Å². The van der Waals surface area contributed by atoms with Crippen LogP contribution in [0.15, 0.2) is 17.5 Å². The minimum atomic E-state index is -0.841. The second kappa shape index (κ2) is 3.82. The molecule has 1 aliphatic heterocycles. The number of rotatable bonds is 2. The van der Waals surface area contributed by atoms with Crippen LogP contribution in [-0.2, 0) is 14.3 Å². The summed E-state index contributed by atoms with van der Waals surface area (Å²) < 4.78 is 4.30. The van der Waals surface area contributed by atoms with Crippen molar-refractivity contribution in [2.75, 3.05) is 0 Å². The standard InChI is InChI=1S/C9H7NO4S/c11-7-4-5(9(13)14-7)10-8(12)6-2-1-3-15-6/h1-3,5H,4H2,(H,10,12). The van der Waals surface area contributed by atoms with Crippen molar-refractivity contribution in [2.24, 2.45) is 0 Å². The summed E-state index contributed by atoms with van der Waals surface area (Å²) >= 11 is 1.27. The fourth-order valence-electron chi connectivity index (χ4n) is 1.22. The highest BCUT2D eigenvalue weighted by Crippen LogP contribution is 2.12. The summed E-state index contributed by atoms with van der Waals surface area (Å²) in [4.78, 5) is 33.8. The molecule has 1 atom stereocenters. The van der Waals surface area contributed by atoms with Crippen LogP contribution in [0.2, 0.25) is 0 Å². The highest BCUT2D eigenvalue weighted by Gasteiger charge is 2.34. The lowest BCUT2D eigenvalue weighted by molar-refractivity contribution is -0.152. The fourth-order valence-corrected chi connectivity index (χ4v) is 1.85. The molecule has 0 aromatic carbocycles. The maximum absolute atomic E-state index is 11.5. The molecule has 1 aromatic rings. The number of carbonyl (C=O) groups is 3. The number of cyclic esters (lactones) is 2.